The molecule has 0 N–H and O–H groups in total. The summed E-state index contributed by atoms with van der Waals surface area (Å²) in [5, 5.41) is 0. The van der Waals surface area contributed by atoms with E-state index >= 15 is 4.39 Å². The Kier molecular flexibility index (Phi) is 8.72. The molecule has 0 saturated carbocycles. The number of benzene rings is 3. The fraction of sp³-hybridized carbons (Fsp3) is 0.200. The highest BCUT2D eigenvalue weighted by atomic mass is 19.1. The largest absolute Gasteiger partial charge is 0.493 e. The zero-order valence-corrected chi connectivity index (χ0v) is 23.6. The van der Waals surface area contributed by atoms with Gasteiger partial charge in [0.2, 0.25) is 0 Å². The number of carbonyl (C=O) groups is 2. The summed E-state index contributed by atoms with van der Waals surface area (Å²) in [5.41, 5.74) is 5.97. The average molecular weight is 553 g/mol. The normalized spacial score (nSPS) is 13.6. The SMILES string of the molecule is C=C(C)C(=C)OCC1CCc2cc(-c3ccc(-c4ccc(OC(=O)C(=C)C)c(OC(=O)C(=C)C)c4)cc3F)ccc21. The van der Waals surface area contributed by atoms with Gasteiger partial charge in [-0.05, 0) is 85.2 Å². The molecule has 41 heavy (non-hydrogen) atoms. The van der Waals surface area contributed by atoms with Crippen molar-refractivity contribution in [2.24, 2.45) is 0 Å². The van der Waals surface area contributed by atoms with Gasteiger partial charge in [-0.25, -0.2) is 14.0 Å². The van der Waals surface area contributed by atoms with Crippen LogP contribution in [0.2, 0.25) is 0 Å². The Morgan fingerprint density at radius 3 is 2.02 bits per heavy atom. The molecule has 1 aliphatic rings. The van der Waals surface area contributed by atoms with Crippen LogP contribution < -0.4 is 9.47 Å². The number of hydrogen-bond acceptors (Lipinski definition) is 5. The molecule has 1 atom stereocenters. The van der Waals surface area contributed by atoms with E-state index < -0.39 is 17.8 Å². The molecule has 0 heterocycles. The van der Waals surface area contributed by atoms with Gasteiger partial charge in [0.15, 0.2) is 11.5 Å². The number of fused-ring (bicyclic) bond motifs is 1. The van der Waals surface area contributed by atoms with Crippen molar-refractivity contribution in [3.05, 3.63) is 120 Å². The highest BCUT2D eigenvalue weighted by Crippen LogP contribution is 2.38. The number of aryl methyl sites for hydroxylation is 1. The highest BCUT2D eigenvalue weighted by Gasteiger charge is 2.24. The molecule has 0 aromatic heterocycles. The van der Waals surface area contributed by atoms with E-state index in [9.17, 15) is 9.59 Å². The quantitative estimate of drug-likeness (QED) is 0.0833. The van der Waals surface area contributed by atoms with Crippen LogP contribution in [-0.4, -0.2) is 18.5 Å². The number of carbonyl (C=O) groups excluding carboxylic acids is 2. The minimum absolute atomic E-state index is 0.0126. The zero-order valence-electron chi connectivity index (χ0n) is 23.6. The molecule has 0 bridgehead atoms. The molecule has 5 nitrogen and oxygen atoms in total. The van der Waals surface area contributed by atoms with Gasteiger partial charge in [-0.2, -0.15) is 0 Å². The van der Waals surface area contributed by atoms with E-state index in [1.165, 1.54) is 43.2 Å². The lowest BCUT2D eigenvalue weighted by atomic mass is 9.95. The van der Waals surface area contributed by atoms with E-state index in [1.807, 2.05) is 19.1 Å². The van der Waals surface area contributed by atoms with Crippen molar-refractivity contribution in [1.29, 1.82) is 0 Å². The maximum absolute atomic E-state index is 15.5. The van der Waals surface area contributed by atoms with Crippen LogP contribution >= 0.6 is 0 Å². The second-order valence-electron chi connectivity index (χ2n) is 10.4. The van der Waals surface area contributed by atoms with Crippen molar-refractivity contribution >= 4 is 11.9 Å². The first-order valence-corrected chi connectivity index (χ1v) is 13.2. The van der Waals surface area contributed by atoms with Crippen molar-refractivity contribution in [3.63, 3.8) is 0 Å². The van der Waals surface area contributed by atoms with Gasteiger partial charge in [0, 0.05) is 22.6 Å². The molecule has 4 rings (SSSR count). The van der Waals surface area contributed by atoms with Gasteiger partial charge < -0.3 is 14.2 Å². The summed E-state index contributed by atoms with van der Waals surface area (Å²) in [7, 11) is 0. The number of esters is 2. The minimum Gasteiger partial charge on any atom is -0.493 e. The van der Waals surface area contributed by atoms with Crippen LogP contribution in [0.15, 0.2) is 103 Å². The van der Waals surface area contributed by atoms with Crippen molar-refractivity contribution in [3.8, 4) is 33.8 Å². The molecule has 0 spiro atoms. The third kappa shape index (κ3) is 6.72. The molecule has 3 aromatic carbocycles. The first-order valence-electron chi connectivity index (χ1n) is 13.2. The maximum Gasteiger partial charge on any atom is 0.338 e. The summed E-state index contributed by atoms with van der Waals surface area (Å²) in [6.07, 6.45) is 1.85. The van der Waals surface area contributed by atoms with Gasteiger partial charge in [0.1, 0.15) is 11.6 Å². The Bertz CT molecular complexity index is 1600. The predicted molar refractivity (Wildman–Crippen MR) is 159 cm³/mol. The lowest BCUT2D eigenvalue weighted by Gasteiger charge is -2.15. The average Bonchev–Trinajstić information content (AvgIpc) is 3.34. The number of hydrogen-bond donors (Lipinski definition) is 0. The summed E-state index contributed by atoms with van der Waals surface area (Å²) in [5.74, 6) is -0.822. The van der Waals surface area contributed by atoms with E-state index in [0.29, 0.717) is 29.1 Å². The van der Waals surface area contributed by atoms with E-state index in [4.69, 9.17) is 14.2 Å². The Morgan fingerprint density at radius 1 is 0.780 bits per heavy atom. The van der Waals surface area contributed by atoms with E-state index in [2.05, 4.69) is 32.4 Å². The maximum atomic E-state index is 15.5. The topological polar surface area (TPSA) is 61.8 Å². The van der Waals surface area contributed by atoms with Gasteiger partial charge in [0.05, 0.1) is 6.61 Å². The van der Waals surface area contributed by atoms with Crippen LogP contribution in [0.1, 0.15) is 44.2 Å². The van der Waals surface area contributed by atoms with Crippen LogP contribution in [0, 0.1) is 5.82 Å². The molecule has 1 aliphatic carbocycles. The third-order valence-corrected chi connectivity index (χ3v) is 6.94. The Morgan fingerprint density at radius 2 is 1.39 bits per heavy atom. The van der Waals surface area contributed by atoms with Crippen LogP contribution in [-0.2, 0) is 20.7 Å². The van der Waals surface area contributed by atoms with Crippen molar-refractivity contribution in [2.45, 2.75) is 39.5 Å². The van der Waals surface area contributed by atoms with Crippen LogP contribution in [0.3, 0.4) is 0 Å². The summed E-state index contributed by atoms with van der Waals surface area (Å²) in [6, 6.07) is 15.7. The van der Waals surface area contributed by atoms with E-state index in [-0.39, 0.29) is 28.6 Å². The second kappa shape index (κ2) is 12.2. The zero-order chi connectivity index (χ0) is 29.8. The summed E-state index contributed by atoms with van der Waals surface area (Å²) >= 11 is 0. The lowest BCUT2D eigenvalue weighted by Crippen LogP contribution is -2.12. The predicted octanol–water partition coefficient (Wildman–Crippen LogP) is 8.26. The van der Waals surface area contributed by atoms with Gasteiger partial charge in [0.25, 0.3) is 0 Å². The Labute approximate surface area is 240 Å². The number of rotatable bonds is 10. The van der Waals surface area contributed by atoms with Crippen molar-refractivity contribution < 1.29 is 28.2 Å². The molecule has 0 saturated heterocycles. The number of allylic oxidation sites excluding steroid dienone is 1. The smallest absolute Gasteiger partial charge is 0.338 e. The van der Waals surface area contributed by atoms with E-state index in [0.717, 1.165) is 24.0 Å². The molecule has 0 fully saturated rings. The summed E-state index contributed by atoms with van der Waals surface area (Å²) in [4.78, 5) is 24.3. The molecule has 1 unspecified atom stereocenters. The standard InChI is InChI=1S/C35H33FO5/c1-20(2)23(7)39-19-28-9-8-26-16-27(11-13-29(26)28)30-14-10-24(17-31(30)36)25-12-15-32(40-34(37)21(3)4)33(18-25)41-35(38)22(5)6/h10-18,28H,1,3,5,7-9,19H2,2,4,6H3. The molecular weight excluding hydrogens is 519 g/mol. The highest BCUT2D eigenvalue weighted by molar-refractivity contribution is 5.91. The summed E-state index contributed by atoms with van der Waals surface area (Å²) < 4.78 is 32.0. The monoisotopic (exact) mass is 552 g/mol. The lowest BCUT2D eigenvalue weighted by molar-refractivity contribution is -0.132. The van der Waals surface area contributed by atoms with Gasteiger partial charge in [-0.1, -0.05) is 62.7 Å². The molecule has 3 aromatic rings. The minimum atomic E-state index is -0.678. The third-order valence-electron chi connectivity index (χ3n) is 6.94. The fourth-order valence-corrected chi connectivity index (χ4v) is 4.53. The van der Waals surface area contributed by atoms with E-state index in [1.54, 1.807) is 18.2 Å². The second-order valence-corrected chi connectivity index (χ2v) is 10.4. The van der Waals surface area contributed by atoms with Crippen LogP contribution in [0.25, 0.3) is 22.3 Å². The Balaban J connectivity index is 1.59. The van der Waals surface area contributed by atoms with Gasteiger partial charge in [-0.3, -0.25) is 0 Å². The molecule has 6 heteroatoms. The number of halogens is 1. The van der Waals surface area contributed by atoms with Crippen LogP contribution in [0.5, 0.6) is 11.5 Å². The number of ether oxygens (including phenoxy) is 3. The van der Waals surface area contributed by atoms with Gasteiger partial charge >= 0.3 is 11.9 Å². The van der Waals surface area contributed by atoms with Crippen LogP contribution in [0.4, 0.5) is 4.39 Å². The van der Waals surface area contributed by atoms with Crippen molar-refractivity contribution in [1.82, 2.24) is 0 Å². The molecule has 0 aliphatic heterocycles. The van der Waals surface area contributed by atoms with Gasteiger partial charge in [-0.15, -0.1) is 0 Å². The first kappa shape index (κ1) is 29.3. The summed E-state index contributed by atoms with van der Waals surface area (Å²) in [6.45, 7) is 20.3. The van der Waals surface area contributed by atoms with Crippen molar-refractivity contribution in [2.75, 3.05) is 6.61 Å². The molecule has 0 radical (unpaired) electrons. The molecule has 0 amide bonds. The fourth-order valence-electron chi connectivity index (χ4n) is 4.53. The molecule has 210 valence electrons. The first-order chi connectivity index (χ1) is 19.4. The Hall–Kier alpha value is -4.71. The molecular formula is C35H33FO5.